The Balaban J connectivity index is 1.40. The highest BCUT2D eigenvalue weighted by atomic mass is 19.1. The topological polar surface area (TPSA) is 79.0 Å². The fourth-order valence-electron chi connectivity index (χ4n) is 3.10. The number of amides is 4. The van der Waals surface area contributed by atoms with Crippen molar-refractivity contribution in [1.29, 1.82) is 0 Å². The maximum atomic E-state index is 13.0. The Hall–Kier alpha value is -3.42. The molecule has 2 heterocycles. The first-order valence-electron chi connectivity index (χ1n) is 8.44. The number of rotatable bonds is 4. The van der Waals surface area contributed by atoms with Crippen LogP contribution in [0.2, 0.25) is 0 Å². The quantitative estimate of drug-likeness (QED) is 0.836. The number of carbonyl (C=O) groups is 3. The second-order valence-electron chi connectivity index (χ2n) is 6.37. The largest absolute Gasteiger partial charge is 0.457 e. The third-order valence-electron chi connectivity index (χ3n) is 4.52. The first-order chi connectivity index (χ1) is 13.0. The molecule has 0 aliphatic carbocycles. The smallest absolute Gasteiger partial charge is 0.324 e. The first-order valence-corrected chi connectivity index (χ1v) is 8.44. The van der Waals surface area contributed by atoms with Crippen molar-refractivity contribution in [3.63, 3.8) is 0 Å². The van der Waals surface area contributed by atoms with E-state index in [2.05, 4.69) is 5.32 Å². The van der Waals surface area contributed by atoms with E-state index in [0.29, 0.717) is 30.2 Å². The molecule has 0 radical (unpaired) electrons. The van der Waals surface area contributed by atoms with Gasteiger partial charge in [0, 0.05) is 18.7 Å². The molecule has 2 aromatic rings. The Morgan fingerprint density at radius 3 is 2.48 bits per heavy atom. The zero-order valence-electron chi connectivity index (χ0n) is 14.2. The molecule has 2 aliphatic rings. The molecule has 8 heteroatoms. The third kappa shape index (κ3) is 3.33. The van der Waals surface area contributed by atoms with Crippen molar-refractivity contribution in [3.05, 3.63) is 59.9 Å². The van der Waals surface area contributed by atoms with Gasteiger partial charge in [-0.25, -0.2) is 9.18 Å². The van der Waals surface area contributed by atoms with E-state index in [1.807, 2.05) is 0 Å². The summed E-state index contributed by atoms with van der Waals surface area (Å²) in [5, 5.41) is 2.47. The van der Waals surface area contributed by atoms with Crippen LogP contribution >= 0.6 is 0 Å². The Morgan fingerprint density at radius 1 is 1.07 bits per heavy atom. The summed E-state index contributed by atoms with van der Waals surface area (Å²) < 4.78 is 18.6. The molecule has 2 saturated heterocycles. The Labute approximate surface area is 154 Å². The molecule has 7 nitrogen and oxygen atoms in total. The molecule has 27 heavy (non-hydrogen) atoms. The molecule has 138 valence electrons. The molecule has 0 bridgehead atoms. The van der Waals surface area contributed by atoms with Crippen molar-refractivity contribution in [1.82, 2.24) is 15.1 Å². The van der Waals surface area contributed by atoms with Crippen LogP contribution in [0.25, 0.3) is 0 Å². The van der Waals surface area contributed by atoms with Crippen LogP contribution in [0.3, 0.4) is 0 Å². The summed E-state index contributed by atoms with van der Waals surface area (Å²) in [6, 6.07) is 11.6. The van der Waals surface area contributed by atoms with E-state index >= 15 is 0 Å². The molecule has 2 fully saturated rings. The predicted octanol–water partition coefficient (Wildman–Crippen LogP) is 1.99. The van der Waals surface area contributed by atoms with Gasteiger partial charge in [0.15, 0.2) is 0 Å². The van der Waals surface area contributed by atoms with Gasteiger partial charge in [-0.15, -0.1) is 0 Å². The van der Waals surface area contributed by atoms with Gasteiger partial charge in [-0.3, -0.25) is 14.5 Å². The number of halogens is 1. The fourth-order valence-corrected chi connectivity index (χ4v) is 3.10. The van der Waals surface area contributed by atoms with E-state index in [4.69, 9.17) is 4.74 Å². The highest BCUT2D eigenvalue weighted by Gasteiger charge is 2.43. The van der Waals surface area contributed by atoms with Crippen LogP contribution in [0.4, 0.5) is 9.18 Å². The zero-order valence-corrected chi connectivity index (χ0v) is 14.2. The summed E-state index contributed by atoms with van der Waals surface area (Å²) in [5.41, 5.74) is 0.435. The van der Waals surface area contributed by atoms with Crippen molar-refractivity contribution in [2.45, 2.75) is 6.04 Å². The molecule has 4 amide bonds. The minimum atomic E-state index is -0.410. The number of carbonyl (C=O) groups excluding carboxylic acids is 3. The number of hydrogen-bond acceptors (Lipinski definition) is 4. The average molecular weight is 369 g/mol. The number of urea groups is 1. The van der Waals surface area contributed by atoms with E-state index in [0.717, 1.165) is 0 Å². The van der Waals surface area contributed by atoms with Crippen LogP contribution in [0.15, 0.2) is 48.5 Å². The average Bonchev–Trinajstić information content (AvgIpc) is 2.95. The minimum absolute atomic E-state index is 0.00600. The number of benzene rings is 2. The second-order valence-corrected chi connectivity index (χ2v) is 6.37. The van der Waals surface area contributed by atoms with Gasteiger partial charge in [0.2, 0.25) is 5.91 Å². The van der Waals surface area contributed by atoms with E-state index in [1.165, 1.54) is 29.2 Å². The lowest BCUT2D eigenvalue weighted by atomic mass is 10.0. The minimum Gasteiger partial charge on any atom is -0.457 e. The molecule has 0 unspecified atom stereocenters. The predicted molar refractivity (Wildman–Crippen MR) is 92.9 cm³/mol. The van der Waals surface area contributed by atoms with Crippen LogP contribution < -0.4 is 10.1 Å². The maximum absolute atomic E-state index is 13.0. The van der Waals surface area contributed by atoms with E-state index in [-0.39, 0.29) is 30.2 Å². The molecular weight excluding hydrogens is 353 g/mol. The summed E-state index contributed by atoms with van der Waals surface area (Å²) >= 11 is 0. The highest BCUT2D eigenvalue weighted by molar-refractivity contribution is 6.03. The maximum Gasteiger partial charge on any atom is 0.324 e. The molecule has 2 aliphatic heterocycles. The second kappa shape index (κ2) is 6.71. The number of nitrogens with zero attached hydrogens (tertiary/aromatic N) is 2. The summed E-state index contributed by atoms with van der Waals surface area (Å²) in [4.78, 5) is 38.7. The highest BCUT2D eigenvalue weighted by Crippen LogP contribution is 2.25. The van der Waals surface area contributed by atoms with Crippen LogP contribution in [0.1, 0.15) is 10.4 Å². The van der Waals surface area contributed by atoms with E-state index < -0.39 is 6.03 Å². The number of imide groups is 1. The van der Waals surface area contributed by atoms with Gasteiger partial charge in [0.1, 0.15) is 17.3 Å². The third-order valence-corrected chi connectivity index (χ3v) is 4.52. The van der Waals surface area contributed by atoms with Crippen molar-refractivity contribution in [2.75, 3.05) is 19.6 Å². The summed E-state index contributed by atoms with van der Waals surface area (Å²) in [5.74, 6) is 0.0839. The van der Waals surface area contributed by atoms with Crippen LogP contribution in [0, 0.1) is 5.82 Å². The van der Waals surface area contributed by atoms with Crippen molar-refractivity contribution < 1.29 is 23.5 Å². The normalized spacial score (nSPS) is 16.9. The van der Waals surface area contributed by atoms with Gasteiger partial charge in [0.25, 0.3) is 5.91 Å². The first kappa shape index (κ1) is 17.0. The molecule has 0 aromatic heterocycles. The molecule has 0 spiro atoms. The van der Waals surface area contributed by atoms with Crippen LogP contribution in [-0.4, -0.2) is 53.3 Å². The standard InChI is InChI=1S/C19H16FN3O4/c20-13-4-6-15(7-5-13)27-16-3-1-2-12(8-16)18(25)22-10-14(11-22)23-17(24)9-21-19(23)26/h1-8,14H,9-11H2,(H,21,26). The zero-order chi connectivity index (χ0) is 19.0. The van der Waals surface area contributed by atoms with Gasteiger partial charge in [0.05, 0.1) is 12.6 Å². The molecule has 0 atom stereocenters. The number of likely N-dealkylation sites (tertiary alicyclic amines) is 1. The summed E-state index contributed by atoms with van der Waals surface area (Å²) in [6.45, 7) is 0.619. The van der Waals surface area contributed by atoms with Gasteiger partial charge in [-0.2, -0.15) is 0 Å². The SMILES string of the molecule is O=C(c1cccc(Oc2ccc(F)cc2)c1)N1CC(N2C(=O)CNC2=O)C1. The molecule has 1 N–H and O–H groups in total. The Bertz CT molecular complexity index is 893. The number of ether oxygens (including phenoxy) is 1. The lowest BCUT2D eigenvalue weighted by Gasteiger charge is -2.42. The van der Waals surface area contributed by atoms with E-state index in [1.54, 1.807) is 29.2 Å². The van der Waals surface area contributed by atoms with Gasteiger partial charge in [-0.05, 0) is 42.5 Å². The van der Waals surface area contributed by atoms with Gasteiger partial charge < -0.3 is 15.0 Å². The lowest BCUT2D eigenvalue weighted by molar-refractivity contribution is -0.128. The van der Waals surface area contributed by atoms with Crippen molar-refractivity contribution in [3.8, 4) is 11.5 Å². The van der Waals surface area contributed by atoms with Crippen LogP contribution in [-0.2, 0) is 4.79 Å². The number of hydrogen-bond donors (Lipinski definition) is 1. The summed E-state index contributed by atoms with van der Waals surface area (Å²) in [7, 11) is 0. The van der Waals surface area contributed by atoms with Crippen molar-refractivity contribution >= 4 is 17.8 Å². The molecular formula is C19H16FN3O4. The number of nitrogens with one attached hydrogen (secondary N) is 1. The Kier molecular flexibility index (Phi) is 4.23. The summed E-state index contributed by atoms with van der Waals surface area (Å²) in [6.07, 6.45) is 0. The molecule has 2 aromatic carbocycles. The fraction of sp³-hybridized carbons (Fsp3) is 0.211. The van der Waals surface area contributed by atoms with Gasteiger partial charge >= 0.3 is 6.03 Å². The van der Waals surface area contributed by atoms with E-state index in [9.17, 15) is 18.8 Å². The van der Waals surface area contributed by atoms with Crippen molar-refractivity contribution in [2.24, 2.45) is 0 Å². The Morgan fingerprint density at radius 2 is 1.81 bits per heavy atom. The molecule has 4 rings (SSSR count). The van der Waals surface area contributed by atoms with Gasteiger partial charge in [-0.1, -0.05) is 6.07 Å². The monoisotopic (exact) mass is 369 g/mol. The lowest BCUT2D eigenvalue weighted by Crippen LogP contribution is -2.62. The molecule has 0 saturated carbocycles. The van der Waals surface area contributed by atoms with Crippen LogP contribution in [0.5, 0.6) is 11.5 Å².